The molecule has 0 saturated carbocycles. The normalized spacial score (nSPS) is 12.1. The van der Waals surface area contributed by atoms with E-state index in [1.165, 1.54) is 0 Å². The van der Waals surface area contributed by atoms with Gasteiger partial charge in [0.05, 0.1) is 18.2 Å². The van der Waals surface area contributed by atoms with Crippen LogP contribution in [0.5, 0.6) is 0 Å². The number of nitriles is 1. The van der Waals surface area contributed by atoms with Crippen molar-refractivity contribution in [3.8, 4) is 6.07 Å². The van der Waals surface area contributed by atoms with Crippen molar-refractivity contribution in [1.29, 1.82) is 5.26 Å². The summed E-state index contributed by atoms with van der Waals surface area (Å²) in [6, 6.07) is 7.25. The van der Waals surface area contributed by atoms with Crippen LogP contribution in [0.4, 0.5) is 0 Å². The maximum atomic E-state index is 8.83. The molecule has 0 radical (unpaired) electrons. The summed E-state index contributed by atoms with van der Waals surface area (Å²) in [7, 11) is 0. The molecule has 0 spiro atoms. The Morgan fingerprint density at radius 1 is 1.60 bits per heavy atom. The van der Waals surface area contributed by atoms with Crippen LogP contribution in [-0.4, -0.2) is 17.8 Å². The van der Waals surface area contributed by atoms with E-state index in [2.05, 4.69) is 5.32 Å². The second kappa shape index (κ2) is 5.72. The molecule has 0 fully saturated rings. The van der Waals surface area contributed by atoms with Crippen molar-refractivity contribution in [2.75, 3.05) is 6.61 Å². The fourth-order valence-electron chi connectivity index (χ4n) is 1.11. The van der Waals surface area contributed by atoms with Gasteiger partial charge in [0.2, 0.25) is 0 Å². The summed E-state index contributed by atoms with van der Waals surface area (Å²) in [5.74, 6) is 0. The first-order chi connectivity index (χ1) is 7.17. The molecule has 4 heteroatoms. The van der Waals surface area contributed by atoms with Gasteiger partial charge in [-0.1, -0.05) is 17.7 Å². The quantitative estimate of drug-likeness (QED) is 0.818. The van der Waals surface area contributed by atoms with Gasteiger partial charge >= 0.3 is 0 Å². The van der Waals surface area contributed by atoms with Crippen LogP contribution in [0.15, 0.2) is 18.2 Å². The number of aliphatic hydroxyl groups is 1. The van der Waals surface area contributed by atoms with E-state index in [0.717, 1.165) is 5.56 Å². The minimum absolute atomic E-state index is 0.0386. The van der Waals surface area contributed by atoms with Gasteiger partial charge in [0.25, 0.3) is 0 Å². The number of benzene rings is 1. The number of hydrogen-bond donors (Lipinski definition) is 2. The Morgan fingerprint density at radius 3 is 2.87 bits per heavy atom. The van der Waals surface area contributed by atoms with E-state index in [0.29, 0.717) is 17.1 Å². The van der Waals surface area contributed by atoms with Crippen molar-refractivity contribution in [3.05, 3.63) is 34.3 Å². The van der Waals surface area contributed by atoms with Crippen LogP contribution in [-0.2, 0) is 6.54 Å². The van der Waals surface area contributed by atoms with Crippen LogP contribution in [0.25, 0.3) is 0 Å². The minimum atomic E-state index is 0.0386. The Balaban J connectivity index is 2.67. The molecular weight excluding hydrogens is 212 g/mol. The third-order valence-electron chi connectivity index (χ3n) is 2.10. The highest BCUT2D eigenvalue weighted by atomic mass is 35.5. The fourth-order valence-corrected chi connectivity index (χ4v) is 1.36. The zero-order valence-corrected chi connectivity index (χ0v) is 9.25. The SMILES string of the molecule is CC(CO)NCc1ccc(C#N)cc1Cl. The molecule has 0 amide bonds. The van der Waals surface area contributed by atoms with Gasteiger partial charge in [-0.05, 0) is 24.6 Å². The Bertz CT molecular complexity index is 373. The lowest BCUT2D eigenvalue weighted by atomic mass is 10.1. The van der Waals surface area contributed by atoms with Gasteiger partial charge in [-0.15, -0.1) is 0 Å². The zero-order valence-electron chi connectivity index (χ0n) is 8.50. The molecule has 1 rings (SSSR count). The van der Waals surface area contributed by atoms with Crippen molar-refractivity contribution >= 4 is 11.6 Å². The van der Waals surface area contributed by atoms with Crippen LogP contribution in [0, 0.1) is 11.3 Å². The smallest absolute Gasteiger partial charge is 0.0992 e. The molecule has 1 unspecified atom stereocenters. The van der Waals surface area contributed by atoms with Gasteiger partial charge in [0.1, 0.15) is 0 Å². The Morgan fingerprint density at radius 2 is 2.33 bits per heavy atom. The molecule has 1 aromatic rings. The first kappa shape index (κ1) is 12.0. The summed E-state index contributed by atoms with van der Waals surface area (Å²) in [4.78, 5) is 0. The highest BCUT2D eigenvalue weighted by molar-refractivity contribution is 6.31. The minimum Gasteiger partial charge on any atom is -0.395 e. The van der Waals surface area contributed by atoms with Crippen LogP contribution in [0.2, 0.25) is 5.02 Å². The highest BCUT2D eigenvalue weighted by Crippen LogP contribution is 2.17. The Labute approximate surface area is 94.3 Å². The second-order valence-corrected chi connectivity index (χ2v) is 3.79. The van der Waals surface area contributed by atoms with E-state index in [-0.39, 0.29) is 12.6 Å². The maximum Gasteiger partial charge on any atom is 0.0992 e. The molecule has 0 heterocycles. The largest absolute Gasteiger partial charge is 0.395 e. The van der Waals surface area contributed by atoms with Crippen molar-refractivity contribution in [2.45, 2.75) is 19.5 Å². The summed E-state index contributed by atoms with van der Waals surface area (Å²) in [6.45, 7) is 2.57. The summed E-state index contributed by atoms with van der Waals surface area (Å²) in [6.07, 6.45) is 0. The molecule has 0 aliphatic heterocycles. The van der Waals surface area contributed by atoms with Crippen LogP contribution < -0.4 is 5.32 Å². The average molecular weight is 225 g/mol. The molecule has 0 aromatic heterocycles. The lowest BCUT2D eigenvalue weighted by molar-refractivity contribution is 0.251. The zero-order chi connectivity index (χ0) is 11.3. The molecular formula is C11H13ClN2O. The van der Waals surface area contributed by atoms with Crippen LogP contribution in [0.3, 0.4) is 0 Å². The molecule has 3 nitrogen and oxygen atoms in total. The second-order valence-electron chi connectivity index (χ2n) is 3.38. The number of nitrogens with zero attached hydrogens (tertiary/aromatic N) is 1. The fraction of sp³-hybridized carbons (Fsp3) is 0.364. The number of halogens is 1. The van der Waals surface area contributed by atoms with Crippen molar-refractivity contribution in [2.24, 2.45) is 0 Å². The molecule has 80 valence electrons. The molecule has 0 aliphatic rings. The average Bonchev–Trinajstić information content (AvgIpc) is 2.26. The molecule has 1 atom stereocenters. The lowest BCUT2D eigenvalue weighted by Crippen LogP contribution is -2.28. The third kappa shape index (κ3) is 3.52. The molecule has 0 bridgehead atoms. The number of nitrogens with one attached hydrogen (secondary N) is 1. The standard InChI is InChI=1S/C11H13ClN2O/c1-8(7-15)14-6-10-3-2-9(5-13)4-11(10)12/h2-4,8,14-15H,6-7H2,1H3. The molecule has 2 N–H and O–H groups in total. The number of rotatable bonds is 4. The maximum absolute atomic E-state index is 8.83. The number of hydrogen-bond acceptors (Lipinski definition) is 3. The van der Waals surface area contributed by atoms with E-state index in [9.17, 15) is 0 Å². The topological polar surface area (TPSA) is 56.0 Å². The monoisotopic (exact) mass is 224 g/mol. The number of aliphatic hydroxyl groups excluding tert-OH is 1. The molecule has 1 aromatic carbocycles. The van der Waals surface area contributed by atoms with Crippen molar-refractivity contribution in [3.63, 3.8) is 0 Å². The molecule has 0 saturated heterocycles. The molecule has 0 aliphatic carbocycles. The van der Waals surface area contributed by atoms with Gasteiger partial charge in [0, 0.05) is 17.6 Å². The van der Waals surface area contributed by atoms with Crippen LogP contribution in [0.1, 0.15) is 18.1 Å². The predicted octanol–water partition coefficient (Wildman–Crippen LogP) is 1.68. The summed E-state index contributed by atoms with van der Waals surface area (Å²) >= 11 is 5.98. The Kier molecular flexibility index (Phi) is 4.57. The van der Waals surface area contributed by atoms with E-state index in [1.54, 1.807) is 12.1 Å². The molecule has 15 heavy (non-hydrogen) atoms. The summed E-state index contributed by atoms with van der Waals surface area (Å²) in [5.41, 5.74) is 1.48. The van der Waals surface area contributed by atoms with Gasteiger partial charge in [-0.2, -0.15) is 5.26 Å². The predicted molar refractivity (Wildman–Crippen MR) is 59.6 cm³/mol. The summed E-state index contributed by atoms with van der Waals surface area (Å²) < 4.78 is 0. The van der Waals surface area contributed by atoms with E-state index < -0.39 is 0 Å². The van der Waals surface area contributed by atoms with Gasteiger partial charge in [-0.3, -0.25) is 0 Å². The lowest BCUT2D eigenvalue weighted by Gasteiger charge is -2.11. The van der Waals surface area contributed by atoms with Crippen molar-refractivity contribution in [1.82, 2.24) is 5.32 Å². The van der Waals surface area contributed by atoms with Crippen LogP contribution >= 0.6 is 11.6 Å². The van der Waals surface area contributed by atoms with E-state index in [1.807, 2.05) is 19.1 Å². The first-order valence-corrected chi connectivity index (χ1v) is 5.08. The third-order valence-corrected chi connectivity index (χ3v) is 2.45. The van der Waals surface area contributed by atoms with Crippen molar-refractivity contribution < 1.29 is 5.11 Å². The Hall–Kier alpha value is -1.08. The first-order valence-electron chi connectivity index (χ1n) is 4.70. The van der Waals surface area contributed by atoms with Gasteiger partial charge < -0.3 is 10.4 Å². The van der Waals surface area contributed by atoms with E-state index >= 15 is 0 Å². The van der Waals surface area contributed by atoms with Gasteiger partial charge in [0.15, 0.2) is 0 Å². The summed E-state index contributed by atoms with van der Waals surface area (Å²) in [5, 5.41) is 21.2. The van der Waals surface area contributed by atoms with Gasteiger partial charge in [-0.25, -0.2) is 0 Å². The van der Waals surface area contributed by atoms with E-state index in [4.69, 9.17) is 22.0 Å². The highest BCUT2D eigenvalue weighted by Gasteiger charge is 2.03.